The van der Waals surface area contributed by atoms with Crippen molar-refractivity contribution < 1.29 is 19.0 Å². The fourth-order valence-electron chi connectivity index (χ4n) is 2.71. The summed E-state index contributed by atoms with van der Waals surface area (Å²) < 4.78 is 17.7. The van der Waals surface area contributed by atoms with Crippen molar-refractivity contribution in [3.63, 3.8) is 0 Å². The van der Waals surface area contributed by atoms with Gasteiger partial charge in [-0.05, 0) is 46.7 Å². The normalized spacial score (nSPS) is 10.4. The molecule has 2 aromatic carbocycles. The van der Waals surface area contributed by atoms with E-state index in [1.54, 1.807) is 38.3 Å². The Labute approximate surface area is 168 Å². The van der Waals surface area contributed by atoms with E-state index in [1.807, 2.05) is 30.3 Å². The number of likely N-dealkylation sites (N-methyl/N-ethyl adjacent to an activating group) is 1. The highest BCUT2D eigenvalue weighted by atomic mass is 16.5. The molecule has 9 heteroatoms. The van der Waals surface area contributed by atoms with E-state index in [-0.39, 0.29) is 12.5 Å². The van der Waals surface area contributed by atoms with Crippen molar-refractivity contribution >= 4 is 5.91 Å². The van der Waals surface area contributed by atoms with Crippen molar-refractivity contribution in [2.75, 3.05) is 34.4 Å². The maximum Gasteiger partial charge on any atom is 0.260 e. The Balaban J connectivity index is 1.51. The molecule has 0 N–H and O–H groups in total. The van der Waals surface area contributed by atoms with Crippen molar-refractivity contribution in [1.82, 2.24) is 25.1 Å². The van der Waals surface area contributed by atoms with Crippen molar-refractivity contribution in [2.24, 2.45) is 0 Å². The standard InChI is InChI=1S/C20H23N5O4/c1-24(10-9-15-7-8-18(27-2)19(11-15)28-3)20(26)13-29-17-6-4-5-16(12-17)25-14-21-22-23-25/h4-8,11-12,14H,9-10,13H2,1-3H3. The Morgan fingerprint density at radius 3 is 2.66 bits per heavy atom. The Morgan fingerprint density at radius 1 is 1.10 bits per heavy atom. The van der Waals surface area contributed by atoms with Crippen LogP contribution < -0.4 is 14.2 Å². The molecule has 9 nitrogen and oxygen atoms in total. The molecule has 0 radical (unpaired) electrons. The summed E-state index contributed by atoms with van der Waals surface area (Å²) in [6.07, 6.45) is 2.18. The predicted octanol–water partition coefficient (Wildman–Crippen LogP) is 1.76. The molecule has 0 aliphatic heterocycles. The first kappa shape index (κ1) is 20.1. The van der Waals surface area contributed by atoms with Crippen LogP contribution >= 0.6 is 0 Å². The third kappa shape index (κ3) is 5.22. The van der Waals surface area contributed by atoms with Crippen LogP contribution in [0.4, 0.5) is 0 Å². The van der Waals surface area contributed by atoms with E-state index in [9.17, 15) is 4.79 Å². The monoisotopic (exact) mass is 397 g/mol. The number of carbonyl (C=O) groups excluding carboxylic acids is 1. The zero-order chi connectivity index (χ0) is 20.6. The fourth-order valence-corrected chi connectivity index (χ4v) is 2.71. The number of nitrogens with zero attached hydrogens (tertiary/aromatic N) is 5. The molecule has 0 aliphatic rings. The summed E-state index contributed by atoms with van der Waals surface area (Å²) in [6, 6.07) is 12.9. The zero-order valence-corrected chi connectivity index (χ0v) is 16.6. The molecule has 0 saturated heterocycles. The van der Waals surface area contributed by atoms with Gasteiger partial charge >= 0.3 is 0 Å². The summed E-state index contributed by atoms with van der Waals surface area (Å²) >= 11 is 0. The number of benzene rings is 2. The van der Waals surface area contributed by atoms with E-state index < -0.39 is 0 Å². The van der Waals surface area contributed by atoms with Crippen LogP contribution in [0.15, 0.2) is 48.8 Å². The van der Waals surface area contributed by atoms with Gasteiger partial charge in [0, 0.05) is 19.7 Å². The highest BCUT2D eigenvalue weighted by Gasteiger charge is 2.11. The SMILES string of the molecule is COc1ccc(CCN(C)C(=O)COc2cccc(-n3cnnn3)c2)cc1OC. The van der Waals surface area contributed by atoms with Gasteiger partial charge in [-0.25, -0.2) is 4.68 Å². The van der Waals surface area contributed by atoms with Crippen molar-refractivity contribution in [1.29, 1.82) is 0 Å². The number of amides is 1. The maximum absolute atomic E-state index is 12.4. The van der Waals surface area contributed by atoms with Gasteiger partial charge in [0.15, 0.2) is 18.1 Å². The van der Waals surface area contributed by atoms with E-state index in [0.29, 0.717) is 30.2 Å². The lowest BCUT2D eigenvalue weighted by Gasteiger charge is -2.18. The topological polar surface area (TPSA) is 91.6 Å². The van der Waals surface area contributed by atoms with Gasteiger partial charge in [0.05, 0.1) is 19.9 Å². The van der Waals surface area contributed by atoms with Crippen molar-refractivity contribution in [3.05, 3.63) is 54.4 Å². The molecule has 0 saturated carbocycles. The number of rotatable bonds is 9. The molecule has 0 fully saturated rings. The van der Waals surface area contributed by atoms with Gasteiger partial charge in [-0.15, -0.1) is 5.10 Å². The molecule has 29 heavy (non-hydrogen) atoms. The summed E-state index contributed by atoms with van der Waals surface area (Å²) in [7, 11) is 4.95. The molecule has 0 atom stereocenters. The average Bonchev–Trinajstić information content (AvgIpc) is 3.30. The lowest BCUT2D eigenvalue weighted by atomic mass is 10.1. The first-order valence-corrected chi connectivity index (χ1v) is 9.02. The molecule has 0 spiro atoms. The molecule has 0 aliphatic carbocycles. The predicted molar refractivity (Wildman–Crippen MR) is 106 cm³/mol. The number of aromatic nitrogens is 4. The summed E-state index contributed by atoms with van der Waals surface area (Å²) in [5.74, 6) is 1.81. The Bertz CT molecular complexity index is 946. The van der Waals surface area contributed by atoms with E-state index in [0.717, 1.165) is 11.3 Å². The Morgan fingerprint density at radius 2 is 1.93 bits per heavy atom. The summed E-state index contributed by atoms with van der Waals surface area (Å²) in [4.78, 5) is 14.0. The number of carbonyl (C=O) groups is 1. The first-order valence-electron chi connectivity index (χ1n) is 9.02. The van der Waals surface area contributed by atoms with Crippen molar-refractivity contribution in [2.45, 2.75) is 6.42 Å². The second-order valence-electron chi connectivity index (χ2n) is 6.30. The molecule has 0 unspecified atom stereocenters. The third-order valence-corrected chi connectivity index (χ3v) is 4.40. The molecule has 3 aromatic rings. The number of methoxy groups -OCH3 is 2. The summed E-state index contributed by atoms with van der Waals surface area (Å²) in [6.45, 7) is 0.504. The minimum absolute atomic E-state index is 0.0541. The molecule has 3 rings (SSSR count). The van der Waals surface area contributed by atoms with Crippen LogP contribution in [0.25, 0.3) is 5.69 Å². The fraction of sp³-hybridized carbons (Fsp3) is 0.300. The highest BCUT2D eigenvalue weighted by Crippen LogP contribution is 2.27. The van der Waals surface area contributed by atoms with Gasteiger partial charge in [-0.1, -0.05) is 12.1 Å². The van der Waals surface area contributed by atoms with E-state index in [1.165, 1.54) is 11.0 Å². The number of ether oxygens (including phenoxy) is 3. The lowest BCUT2D eigenvalue weighted by Crippen LogP contribution is -2.33. The number of hydrogen-bond donors (Lipinski definition) is 0. The van der Waals surface area contributed by atoms with Crippen LogP contribution in [-0.2, 0) is 11.2 Å². The van der Waals surface area contributed by atoms with Crippen LogP contribution in [0, 0.1) is 0 Å². The van der Waals surface area contributed by atoms with Crippen LogP contribution in [-0.4, -0.2) is 65.4 Å². The first-order chi connectivity index (χ1) is 14.1. The van der Waals surface area contributed by atoms with Gasteiger partial charge in [0.25, 0.3) is 5.91 Å². The average molecular weight is 397 g/mol. The van der Waals surface area contributed by atoms with Gasteiger partial charge in [-0.3, -0.25) is 4.79 Å². The van der Waals surface area contributed by atoms with E-state index in [2.05, 4.69) is 15.5 Å². The summed E-state index contributed by atoms with van der Waals surface area (Å²) in [5, 5.41) is 11.1. The van der Waals surface area contributed by atoms with Crippen molar-refractivity contribution in [3.8, 4) is 22.9 Å². The minimum atomic E-state index is -0.113. The second kappa shape index (κ2) is 9.54. The molecule has 0 bridgehead atoms. The summed E-state index contributed by atoms with van der Waals surface area (Å²) in [5.41, 5.74) is 1.80. The molecule has 1 amide bonds. The quantitative estimate of drug-likeness (QED) is 0.543. The Hall–Kier alpha value is -3.62. The minimum Gasteiger partial charge on any atom is -0.493 e. The van der Waals surface area contributed by atoms with Crippen LogP contribution in [0.2, 0.25) is 0 Å². The van der Waals surface area contributed by atoms with Gasteiger partial charge < -0.3 is 19.1 Å². The molecule has 1 heterocycles. The van der Waals surface area contributed by atoms with Gasteiger partial charge in [0.2, 0.25) is 0 Å². The zero-order valence-electron chi connectivity index (χ0n) is 16.6. The van der Waals surface area contributed by atoms with Crippen LogP contribution in [0.3, 0.4) is 0 Å². The van der Waals surface area contributed by atoms with Crippen LogP contribution in [0.1, 0.15) is 5.56 Å². The van der Waals surface area contributed by atoms with Gasteiger partial charge in [0.1, 0.15) is 12.1 Å². The lowest BCUT2D eigenvalue weighted by molar-refractivity contribution is -0.132. The smallest absolute Gasteiger partial charge is 0.260 e. The molecule has 152 valence electrons. The molecular weight excluding hydrogens is 374 g/mol. The third-order valence-electron chi connectivity index (χ3n) is 4.40. The molecular formula is C20H23N5O4. The largest absolute Gasteiger partial charge is 0.493 e. The van der Waals surface area contributed by atoms with E-state index in [4.69, 9.17) is 14.2 Å². The highest BCUT2D eigenvalue weighted by molar-refractivity contribution is 5.77. The number of hydrogen-bond acceptors (Lipinski definition) is 7. The van der Waals surface area contributed by atoms with Crippen LogP contribution in [0.5, 0.6) is 17.2 Å². The van der Waals surface area contributed by atoms with Gasteiger partial charge in [-0.2, -0.15) is 0 Å². The molecule has 1 aromatic heterocycles. The van der Waals surface area contributed by atoms with E-state index >= 15 is 0 Å². The number of tetrazole rings is 1. The maximum atomic E-state index is 12.4. The second-order valence-corrected chi connectivity index (χ2v) is 6.30. The Kier molecular flexibility index (Phi) is 6.62.